The van der Waals surface area contributed by atoms with Crippen LogP contribution in [0.15, 0.2) is 18.2 Å². The number of hydrogen-bond acceptors (Lipinski definition) is 2. The molecule has 0 unspecified atom stereocenters. The monoisotopic (exact) mass is 244 g/mol. The third-order valence-electron chi connectivity index (χ3n) is 4.36. The number of hydrogen-bond donors (Lipinski definition) is 1. The van der Waals surface area contributed by atoms with Crippen molar-refractivity contribution in [2.45, 2.75) is 39.7 Å². The van der Waals surface area contributed by atoms with Gasteiger partial charge in [0.1, 0.15) is 0 Å². The number of benzene rings is 1. The van der Waals surface area contributed by atoms with Gasteiger partial charge in [0.2, 0.25) is 0 Å². The van der Waals surface area contributed by atoms with Crippen molar-refractivity contribution in [2.75, 3.05) is 24.5 Å². The molecule has 2 heterocycles. The van der Waals surface area contributed by atoms with E-state index >= 15 is 0 Å². The molecule has 3 rings (SSSR count). The molecule has 2 aliphatic heterocycles. The standard InChI is InChI=1S/C16H24N2/c1-16(2)8-4-10-18(12-16)15-6-3-5-13-11-17-9-7-14(13)15/h3,5-6,17H,4,7-12H2,1-2H3. The first-order chi connectivity index (χ1) is 8.66. The first kappa shape index (κ1) is 12.0. The molecular weight excluding hydrogens is 220 g/mol. The zero-order valence-electron chi connectivity index (χ0n) is 11.6. The molecule has 2 nitrogen and oxygen atoms in total. The van der Waals surface area contributed by atoms with E-state index < -0.39 is 0 Å². The van der Waals surface area contributed by atoms with Crippen LogP contribution in [0.4, 0.5) is 5.69 Å². The van der Waals surface area contributed by atoms with Crippen LogP contribution in [0.5, 0.6) is 0 Å². The first-order valence-corrected chi connectivity index (χ1v) is 7.22. The first-order valence-electron chi connectivity index (χ1n) is 7.22. The molecule has 0 atom stereocenters. The quantitative estimate of drug-likeness (QED) is 0.817. The molecule has 98 valence electrons. The third-order valence-corrected chi connectivity index (χ3v) is 4.36. The number of nitrogens with one attached hydrogen (secondary N) is 1. The second-order valence-corrected chi connectivity index (χ2v) is 6.53. The Morgan fingerprint density at radius 3 is 3.00 bits per heavy atom. The van der Waals surface area contributed by atoms with Crippen molar-refractivity contribution in [3.8, 4) is 0 Å². The van der Waals surface area contributed by atoms with Crippen LogP contribution in [0.3, 0.4) is 0 Å². The maximum Gasteiger partial charge on any atom is 0.0402 e. The molecule has 1 N–H and O–H groups in total. The zero-order valence-corrected chi connectivity index (χ0v) is 11.6. The summed E-state index contributed by atoms with van der Waals surface area (Å²) in [7, 11) is 0. The van der Waals surface area contributed by atoms with Crippen LogP contribution < -0.4 is 10.2 Å². The van der Waals surface area contributed by atoms with Gasteiger partial charge in [-0.15, -0.1) is 0 Å². The smallest absolute Gasteiger partial charge is 0.0402 e. The number of rotatable bonds is 1. The van der Waals surface area contributed by atoms with Gasteiger partial charge in [0.25, 0.3) is 0 Å². The molecule has 0 spiro atoms. The predicted octanol–water partition coefficient (Wildman–Crippen LogP) is 2.96. The average Bonchev–Trinajstić information content (AvgIpc) is 2.37. The number of piperidine rings is 1. The predicted molar refractivity (Wildman–Crippen MR) is 77.1 cm³/mol. The van der Waals surface area contributed by atoms with E-state index in [-0.39, 0.29) is 0 Å². The lowest BCUT2D eigenvalue weighted by Gasteiger charge is -2.41. The highest BCUT2D eigenvalue weighted by Crippen LogP contribution is 2.34. The summed E-state index contributed by atoms with van der Waals surface area (Å²) in [6.45, 7) is 9.40. The summed E-state index contributed by atoms with van der Waals surface area (Å²) in [5.41, 5.74) is 5.06. The van der Waals surface area contributed by atoms with Crippen LogP contribution >= 0.6 is 0 Å². The minimum absolute atomic E-state index is 0.466. The topological polar surface area (TPSA) is 15.3 Å². The molecule has 0 aliphatic carbocycles. The lowest BCUT2D eigenvalue weighted by molar-refractivity contribution is 0.292. The van der Waals surface area contributed by atoms with E-state index in [1.807, 2.05) is 0 Å². The number of fused-ring (bicyclic) bond motifs is 1. The minimum atomic E-state index is 0.466. The molecular formula is C16H24N2. The van der Waals surface area contributed by atoms with Crippen molar-refractivity contribution in [3.05, 3.63) is 29.3 Å². The van der Waals surface area contributed by atoms with Crippen molar-refractivity contribution < 1.29 is 0 Å². The van der Waals surface area contributed by atoms with Gasteiger partial charge in [-0.1, -0.05) is 26.0 Å². The highest BCUT2D eigenvalue weighted by atomic mass is 15.1. The largest absolute Gasteiger partial charge is 0.371 e. The Bertz CT molecular complexity index is 437. The maximum absolute atomic E-state index is 3.47. The molecule has 0 radical (unpaired) electrons. The van der Waals surface area contributed by atoms with E-state index in [1.165, 1.54) is 43.6 Å². The van der Waals surface area contributed by atoms with Crippen LogP contribution in [0.2, 0.25) is 0 Å². The Labute approximate surface area is 110 Å². The van der Waals surface area contributed by atoms with Gasteiger partial charge in [0.15, 0.2) is 0 Å². The Balaban J connectivity index is 1.92. The van der Waals surface area contributed by atoms with Crippen molar-refractivity contribution in [1.82, 2.24) is 5.32 Å². The molecule has 0 bridgehead atoms. The summed E-state index contributed by atoms with van der Waals surface area (Å²) in [5, 5.41) is 3.47. The fourth-order valence-corrected chi connectivity index (χ4v) is 3.44. The molecule has 1 fully saturated rings. The molecule has 18 heavy (non-hydrogen) atoms. The Hall–Kier alpha value is -1.02. The molecule has 2 aliphatic rings. The fourth-order valence-electron chi connectivity index (χ4n) is 3.44. The number of nitrogens with zero attached hydrogens (tertiary/aromatic N) is 1. The summed E-state index contributed by atoms with van der Waals surface area (Å²) >= 11 is 0. The molecule has 2 heteroatoms. The van der Waals surface area contributed by atoms with Gasteiger partial charge in [-0.3, -0.25) is 0 Å². The van der Waals surface area contributed by atoms with Gasteiger partial charge in [-0.25, -0.2) is 0 Å². The molecule has 1 saturated heterocycles. The van der Waals surface area contributed by atoms with Crippen LogP contribution in [-0.4, -0.2) is 19.6 Å². The van der Waals surface area contributed by atoms with Crippen LogP contribution in [0.25, 0.3) is 0 Å². The van der Waals surface area contributed by atoms with Gasteiger partial charge in [-0.05, 0) is 48.4 Å². The highest BCUT2D eigenvalue weighted by Gasteiger charge is 2.28. The lowest BCUT2D eigenvalue weighted by Crippen LogP contribution is -2.41. The van der Waals surface area contributed by atoms with Crippen molar-refractivity contribution in [3.63, 3.8) is 0 Å². The summed E-state index contributed by atoms with van der Waals surface area (Å²) in [5.74, 6) is 0. The maximum atomic E-state index is 3.47. The summed E-state index contributed by atoms with van der Waals surface area (Å²) in [4.78, 5) is 2.62. The van der Waals surface area contributed by atoms with Crippen LogP contribution in [0, 0.1) is 5.41 Å². The Morgan fingerprint density at radius 2 is 2.17 bits per heavy atom. The SMILES string of the molecule is CC1(C)CCCN(c2cccc3c2CCNC3)C1. The van der Waals surface area contributed by atoms with Crippen molar-refractivity contribution >= 4 is 5.69 Å². The van der Waals surface area contributed by atoms with Crippen LogP contribution in [-0.2, 0) is 13.0 Å². The molecule has 1 aromatic rings. The van der Waals surface area contributed by atoms with E-state index in [9.17, 15) is 0 Å². The fraction of sp³-hybridized carbons (Fsp3) is 0.625. The van der Waals surface area contributed by atoms with Gasteiger partial charge in [0.05, 0.1) is 0 Å². The van der Waals surface area contributed by atoms with Crippen molar-refractivity contribution in [1.29, 1.82) is 0 Å². The molecule has 0 amide bonds. The Morgan fingerprint density at radius 1 is 1.28 bits per heavy atom. The average molecular weight is 244 g/mol. The van der Waals surface area contributed by atoms with Gasteiger partial charge in [-0.2, -0.15) is 0 Å². The highest BCUT2D eigenvalue weighted by molar-refractivity contribution is 5.58. The van der Waals surface area contributed by atoms with Gasteiger partial charge >= 0.3 is 0 Å². The normalized spacial score (nSPS) is 22.7. The number of anilines is 1. The third kappa shape index (κ3) is 2.26. The minimum Gasteiger partial charge on any atom is -0.371 e. The lowest BCUT2D eigenvalue weighted by atomic mass is 9.83. The van der Waals surface area contributed by atoms with E-state index in [4.69, 9.17) is 0 Å². The summed E-state index contributed by atoms with van der Waals surface area (Å²) in [6.07, 6.45) is 3.87. The van der Waals surface area contributed by atoms with E-state index in [1.54, 1.807) is 5.56 Å². The van der Waals surface area contributed by atoms with Gasteiger partial charge in [0, 0.05) is 25.3 Å². The van der Waals surface area contributed by atoms with Crippen LogP contribution in [0.1, 0.15) is 37.8 Å². The zero-order chi connectivity index (χ0) is 12.6. The molecule has 1 aromatic carbocycles. The molecule has 0 saturated carbocycles. The summed E-state index contributed by atoms with van der Waals surface area (Å²) < 4.78 is 0. The summed E-state index contributed by atoms with van der Waals surface area (Å²) in [6, 6.07) is 6.83. The van der Waals surface area contributed by atoms with E-state index in [0.717, 1.165) is 13.1 Å². The second-order valence-electron chi connectivity index (χ2n) is 6.53. The molecule has 0 aromatic heterocycles. The van der Waals surface area contributed by atoms with Crippen molar-refractivity contribution in [2.24, 2.45) is 5.41 Å². The Kier molecular flexibility index (Phi) is 3.06. The van der Waals surface area contributed by atoms with Gasteiger partial charge < -0.3 is 10.2 Å². The van der Waals surface area contributed by atoms with E-state index in [0.29, 0.717) is 5.41 Å². The second kappa shape index (κ2) is 4.58. The van der Waals surface area contributed by atoms with E-state index in [2.05, 4.69) is 42.3 Å².